The van der Waals surface area contributed by atoms with Gasteiger partial charge in [-0.2, -0.15) is 0 Å². The molecule has 2 aromatic carbocycles. The van der Waals surface area contributed by atoms with E-state index in [1.165, 1.54) is 11.0 Å². The number of carbonyl (C=O) groups is 2. The average Bonchev–Trinajstić information content (AvgIpc) is 3.02. The smallest absolute Gasteiger partial charge is 0.410 e. The summed E-state index contributed by atoms with van der Waals surface area (Å²) >= 11 is 0. The van der Waals surface area contributed by atoms with Gasteiger partial charge in [-0.05, 0) is 56.2 Å². The third-order valence-electron chi connectivity index (χ3n) is 5.67. The maximum Gasteiger partial charge on any atom is 0.410 e. The van der Waals surface area contributed by atoms with Crippen LogP contribution < -0.4 is 4.90 Å². The lowest BCUT2D eigenvalue weighted by atomic mass is 9.99. The number of rotatable bonds is 2. The summed E-state index contributed by atoms with van der Waals surface area (Å²) in [5.74, 6) is -0.484. The Bertz CT molecular complexity index is 1010. The first-order valence-electron chi connectivity index (χ1n) is 10.5. The van der Waals surface area contributed by atoms with Crippen LogP contribution in [0.3, 0.4) is 0 Å². The predicted molar refractivity (Wildman–Crippen MR) is 118 cm³/mol. The van der Waals surface area contributed by atoms with Crippen molar-refractivity contribution >= 4 is 17.7 Å². The molecular weight excluding hydrogens is 397 g/mol. The van der Waals surface area contributed by atoms with Gasteiger partial charge < -0.3 is 19.4 Å². The van der Waals surface area contributed by atoms with Gasteiger partial charge in [0.25, 0.3) is 5.91 Å². The van der Waals surface area contributed by atoms with Crippen LogP contribution in [0.1, 0.15) is 36.7 Å². The molecule has 0 saturated carbocycles. The molecule has 0 N–H and O–H groups in total. The maximum atomic E-state index is 14.5. The van der Waals surface area contributed by atoms with Crippen molar-refractivity contribution in [3.63, 3.8) is 0 Å². The predicted octanol–water partition coefficient (Wildman–Crippen LogP) is 4.14. The molecule has 2 aromatic rings. The number of halogens is 1. The molecule has 2 heterocycles. The Morgan fingerprint density at radius 3 is 2.26 bits per heavy atom. The Balaban J connectivity index is 1.44. The quantitative estimate of drug-likeness (QED) is 0.726. The monoisotopic (exact) mass is 425 g/mol. The van der Waals surface area contributed by atoms with Crippen LogP contribution in [0.4, 0.5) is 14.9 Å². The highest BCUT2D eigenvalue weighted by Gasteiger charge is 2.28. The molecule has 4 rings (SSSR count). The summed E-state index contributed by atoms with van der Waals surface area (Å²) in [5.41, 5.74) is 3.02. The Kier molecular flexibility index (Phi) is 5.37. The van der Waals surface area contributed by atoms with Gasteiger partial charge in [-0.15, -0.1) is 0 Å². The number of nitrogens with zero attached hydrogens (tertiary/aromatic N) is 3. The molecule has 0 aliphatic carbocycles. The van der Waals surface area contributed by atoms with E-state index in [2.05, 4.69) is 4.90 Å². The minimum absolute atomic E-state index is 0.143. The van der Waals surface area contributed by atoms with Gasteiger partial charge in [-0.1, -0.05) is 12.1 Å². The van der Waals surface area contributed by atoms with Gasteiger partial charge in [0.1, 0.15) is 11.4 Å². The normalized spacial score (nSPS) is 16.5. The summed E-state index contributed by atoms with van der Waals surface area (Å²) < 4.78 is 20.0. The number of hydrogen-bond acceptors (Lipinski definition) is 4. The van der Waals surface area contributed by atoms with Crippen LogP contribution in [0.5, 0.6) is 0 Å². The van der Waals surface area contributed by atoms with Gasteiger partial charge in [0, 0.05) is 56.6 Å². The lowest BCUT2D eigenvalue weighted by Crippen LogP contribution is -2.50. The maximum absolute atomic E-state index is 14.5. The number of carbonyl (C=O) groups excluding carboxylic acids is 2. The number of amides is 2. The van der Waals surface area contributed by atoms with Crippen LogP contribution in [0.15, 0.2) is 36.4 Å². The van der Waals surface area contributed by atoms with Gasteiger partial charge in [-0.25, -0.2) is 9.18 Å². The molecule has 1 saturated heterocycles. The Morgan fingerprint density at radius 1 is 1.00 bits per heavy atom. The molecule has 0 radical (unpaired) electrons. The summed E-state index contributed by atoms with van der Waals surface area (Å²) in [5, 5.41) is 0. The van der Waals surface area contributed by atoms with Crippen molar-refractivity contribution in [2.24, 2.45) is 0 Å². The second-order valence-electron chi connectivity index (χ2n) is 9.15. The first-order chi connectivity index (χ1) is 14.6. The van der Waals surface area contributed by atoms with Gasteiger partial charge in [0.05, 0.1) is 0 Å². The fraction of sp³-hybridized carbons (Fsp3) is 0.417. The average molecular weight is 426 g/mol. The van der Waals surface area contributed by atoms with Crippen LogP contribution in [0.25, 0.3) is 11.1 Å². The summed E-state index contributed by atoms with van der Waals surface area (Å²) in [6.45, 7) is 8.54. The molecule has 0 atom stereocenters. The van der Waals surface area contributed by atoms with E-state index in [1.54, 1.807) is 18.0 Å². The third kappa shape index (κ3) is 4.36. The zero-order chi connectivity index (χ0) is 22.3. The van der Waals surface area contributed by atoms with Crippen molar-refractivity contribution in [2.45, 2.75) is 32.9 Å². The molecule has 31 heavy (non-hydrogen) atoms. The van der Waals surface area contributed by atoms with E-state index in [9.17, 15) is 14.0 Å². The molecule has 6 nitrogen and oxygen atoms in total. The zero-order valence-corrected chi connectivity index (χ0v) is 18.4. The number of piperazine rings is 1. The minimum atomic E-state index is -0.499. The van der Waals surface area contributed by atoms with Gasteiger partial charge in [0.15, 0.2) is 0 Å². The molecule has 2 amide bonds. The first-order valence-corrected chi connectivity index (χ1v) is 10.5. The van der Waals surface area contributed by atoms with Crippen molar-refractivity contribution < 1.29 is 18.7 Å². The van der Waals surface area contributed by atoms with Crippen LogP contribution in [-0.2, 0) is 11.3 Å². The number of hydrogen-bond donors (Lipinski definition) is 0. The van der Waals surface area contributed by atoms with E-state index in [0.717, 1.165) is 11.3 Å². The number of benzene rings is 2. The third-order valence-corrected chi connectivity index (χ3v) is 5.67. The lowest BCUT2D eigenvalue weighted by molar-refractivity contribution is 0.0240. The molecule has 0 aromatic heterocycles. The highest BCUT2D eigenvalue weighted by atomic mass is 19.1. The number of fused-ring (bicyclic) bond motifs is 1. The summed E-state index contributed by atoms with van der Waals surface area (Å²) in [7, 11) is 1.68. The second kappa shape index (κ2) is 7.87. The SMILES string of the molecule is CN1Cc2c(F)cc(-c3ccc(N4CCN(C(=O)OC(C)(C)C)CC4)cc3)cc2C1=O. The van der Waals surface area contributed by atoms with Crippen LogP contribution >= 0.6 is 0 Å². The second-order valence-corrected chi connectivity index (χ2v) is 9.15. The fourth-order valence-electron chi connectivity index (χ4n) is 4.01. The van der Waals surface area contributed by atoms with Gasteiger partial charge >= 0.3 is 6.09 Å². The van der Waals surface area contributed by atoms with Crippen LogP contribution in [0.2, 0.25) is 0 Å². The molecule has 0 spiro atoms. The van der Waals surface area contributed by atoms with Crippen molar-refractivity contribution in [3.8, 4) is 11.1 Å². The molecule has 0 unspecified atom stereocenters. The van der Waals surface area contributed by atoms with E-state index in [4.69, 9.17) is 4.74 Å². The van der Waals surface area contributed by atoms with Crippen molar-refractivity contribution in [3.05, 3.63) is 53.3 Å². The largest absolute Gasteiger partial charge is 0.444 e. The highest BCUT2D eigenvalue weighted by Crippen LogP contribution is 2.31. The van der Waals surface area contributed by atoms with Gasteiger partial charge in [-0.3, -0.25) is 4.79 Å². The Labute approximate surface area is 182 Å². The Morgan fingerprint density at radius 2 is 1.65 bits per heavy atom. The molecule has 2 aliphatic heterocycles. The summed E-state index contributed by atoms with van der Waals surface area (Å²) in [4.78, 5) is 30.0. The first kappa shape index (κ1) is 21.2. The van der Waals surface area contributed by atoms with E-state index in [-0.39, 0.29) is 17.8 Å². The fourth-order valence-corrected chi connectivity index (χ4v) is 4.01. The van der Waals surface area contributed by atoms with E-state index < -0.39 is 5.60 Å². The Hall–Kier alpha value is -3.09. The molecule has 1 fully saturated rings. The number of anilines is 1. The molecule has 2 aliphatic rings. The molecule has 7 heteroatoms. The molecular formula is C24H28FN3O3. The molecule has 164 valence electrons. The summed E-state index contributed by atoms with van der Waals surface area (Å²) in [6, 6.07) is 11.2. The van der Waals surface area contributed by atoms with E-state index >= 15 is 0 Å². The van der Waals surface area contributed by atoms with E-state index in [1.807, 2.05) is 45.0 Å². The van der Waals surface area contributed by atoms with Crippen LogP contribution in [0, 0.1) is 5.82 Å². The van der Waals surface area contributed by atoms with Gasteiger partial charge in [0.2, 0.25) is 0 Å². The highest BCUT2D eigenvalue weighted by molar-refractivity contribution is 5.99. The topological polar surface area (TPSA) is 53.1 Å². The van der Waals surface area contributed by atoms with Crippen LogP contribution in [-0.4, -0.2) is 60.6 Å². The van der Waals surface area contributed by atoms with E-state index in [0.29, 0.717) is 49.4 Å². The number of ether oxygens (including phenoxy) is 1. The van der Waals surface area contributed by atoms with Crippen molar-refractivity contribution in [1.29, 1.82) is 0 Å². The molecule has 0 bridgehead atoms. The standard InChI is InChI=1S/C24H28FN3O3/c1-24(2,3)31-23(30)28-11-9-27(10-12-28)18-7-5-16(6-8-18)17-13-19-20(21(25)14-17)15-26(4)22(19)29/h5-8,13-14H,9-12,15H2,1-4H3. The zero-order valence-electron chi connectivity index (χ0n) is 18.4. The van der Waals surface area contributed by atoms with Crippen molar-refractivity contribution in [1.82, 2.24) is 9.80 Å². The summed E-state index contributed by atoms with van der Waals surface area (Å²) in [6.07, 6.45) is -0.277. The lowest BCUT2D eigenvalue weighted by Gasteiger charge is -2.36. The minimum Gasteiger partial charge on any atom is -0.444 e. The van der Waals surface area contributed by atoms with Crippen molar-refractivity contribution in [2.75, 3.05) is 38.1 Å².